The molecule has 0 amide bonds. The van der Waals surface area contributed by atoms with E-state index in [2.05, 4.69) is 0 Å². The van der Waals surface area contributed by atoms with Crippen molar-refractivity contribution in [2.24, 2.45) is 0 Å². The summed E-state index contributed by atoms with van der Waals surface area (Å²) >= 11 is 0. The molecule has 0 aliphatic carbocycles. The maximum Gasteiger partial charge on any atom is 1.00 e. The van der Waals surface area contributed by atoms with Crippen LogP contribution < -0.4 is 29.6 Å². The van der Waals surface area contributed by atoms with E-state index in [1.807, 2.05) is 0 Å². The summed E-state index contributed by atoms with van der Waals surface area (Å²) in [6.45, 7) is 1.44. The predicted octanol–water partition coefficient (Wildman–Crippen LogP) is -2.68. The van der Waals surface area contributed by atoms with E-state index in [0.29, 0.717) is 0 Å². The number of carbonyl (C=O) groups excluding carboxylic acids is 1. The van der Waals surface area contributed by atoms with Crippen molar-refractivity contribution >= 4 is 6.29 Å². The van der Waals surface area contributed by atoms with Crippen LogP contribution in [0.3, 0.4) is 0 Å². The minimum absolute atomic E-state index is 0. The molecule has 0 aromatic heterocycles. The number of hydrogen-bond donors (Lipinski definition) is 0. The van der Waals surface area contributed by atoms with Gasteiger partial charge in [0, 0.05) is 0 Å². The van der Waals surface area contributed by atoms with Gasteiger partial charge in [-0.05, 0) is 6.92 Å². The number of hydrogen-bond acceptors (Lipinski definition) is 1. The van der Waals surface area contributed by atoms with Gasteiger partial charge in [0.15, 0.2) is 0 Å². The van der Waals surface area contributed by atoms with Crippen molar-refractivity contribution in [2.75, 3.05) is 0 Å². The van der Waals surface area contributed by atoms with Crippen LogP contribution in [0.15, 0.2) is 0 Å². The maximum absolute atomic E-state index is 8.81. The first-order valence-corrected chi connectivity index (χ1v) is 0.813. The summed E-state index contributed by atoms with van der Waals surface area (Å²) in [5.41, 5.74) is 0. The fourth-order valence-corrected chi connectivity index (χ4v) is 0. The van der Waals surface area contributed by atoms with Gasteiger partial charge in [-0.2, -0.15) is 0 Å². The van der Waals surface area contributed by atoms with Crippen molar-refractivity contribution < 1.29 is 35.8 Å². The van der Waals surface area contributed by atoms with Gasteiger partial charge < -0.3 is 6.22 Å². The van der Waals surface area contributed by atoms with E-state index in [1.165, 1.54) is 6.92 Å². The van der Waals surface area contributed by atoms with E-state index in [-0.39, 0.29) is 31.0 Å². The molecule has 0 fully saturated rings. The van der Waals surface area contributed by atoms with Crippen molar-refractivity contribution in [3.8, 4) is 0 Å². The van der Waals surface area contributed by atoms with Gasteiger partial charge in [0.05, 0.1) is 0 Å². The summed E-state index contributed by atoms with van der Waals surface area (Å²) in [5.74, 6) is 0. The Balaban J connectivity index is -0.0000000200. The molecular formula is C2H5NaO. The van der Waals surface area contributed by atoms with Gasteiger partial charge in [0.1, 0.15) is 6.29 Å². The van der Waals surface area contributed by atoms with Crippen LogP contribution in [0.4, 0.5) is 0 Å². The molecule has 0 atom stereocenters. The summed E-state index contributed by atoms with van der Waals surface area (Å²) in [4.78, 5) is 8.81. The van der Waals surface area contributed by atoms with Crippen LogP contribution in [-0.2, 0) is 4.79 Å². The Kier molecular flexibility index (Phi) is 20.7. The van der Waals surface area contributed by atoms with Crippen molar-refractivity contribution in [1.29, 1.82) is 0 Å². The van der Waals surface area contributed by atoms with Crippen molar-refractivity contribution in [2.45, 2.75) is 6.92 Å². The SMILES string of the molecule is CC=O.[H-].[Na+]. The zero-order valence-electron chi connectivity index (χ0n) is 3.99. The molecule has 0 rings (SSSR count). The third-order valence-electron chi connectivity index (χ3n) is 0. The average Bonchev–Trinajstić information content (AvgIpc) is 0.918. The first-order chi connectivity index (χ1) is 1.41. The third-order valence-corrected chi connectivity index (χ3v) is 0. The van der Waals surface area contributed by atoms with Crippen molar-refractivity contribution in [1.82, 2.24) is 0 Å². The molecule has 0 aromatic carbocycles. The molecule has 0 radical (unpaired) electrons. The Morgan fingerprint density at radius 3 is 2.00 bits per heavy atom. The summed E-state index contributed by atoms with van der Waals surface area (Å²) in [7, 11) is 0. The molecule has 0 aliphatic heterocycles. The summed E-state index contributed by atoms with van der Waals surface area (Å²) in [6, 6.07) is 0. The molecule has 2 heteroatoms. The van der Waals surface area contributed by atoms with Gasteiger partial charge in [0.2, 0.25) is 0 Å². The zero-order chi connectivity index (χ0) is 2.71. The van der Waals surface area contributed by atoms with E-state index >= 15 is 0 Å². The van der Waals surface area contributed by atoms with Crippen LogP contribution in [0.1, 0.15) is 8.35 Å². The Hall–Kier alpha value is 0.670. The Labute approximate surface area is 49.2 Å². The topological polar surface area (TPSA) is 17.1 Å². The first kappa shape index (κ1) is 8.82. The maximum atomic E-state index is 8.81. The van der Waals surface area contributed by atoms with E-state index in [9.17, 15) is 0 Å². The number of rotatable bonds is 0. The normalized spacial score (nSPS) is 3.25. The Bertz CT molecular complexity index is 17.1. The molecule has 0 spiro atoms. The van der Waals surface area contributed by atoms with Crippen LogP contribution >= 0.6 is 0 Å². The molecule has 4 heavy (non-hydrogen) atoms. The molecule has 0 saturated carbocycles. The molecule has 0 bridgehead atoms. The smallest absolute Gasteiger partial charge is 1.00 e. The van der Waals surface area contributed by atoms with E-state index < -0.39 is 0 Å². The second kappa shape index (κ2) is 9.38. The summed E-state index contributed by atoms with van der Waals surface area (Å²) < 4.78 is 0. The Morgan fingerprint density at radius 1 is 2.00 bits per heavy atom. The molecule has 0 saturated heterocycles. The van der Waals surface area contributed by atoms with Gasteiger partial charge in [-0.15, -0.1) is 0 Å². The molecule has 0 N–H and O–H groups in total. The van der Waals surface area contributed by atoms with Gasteiger partial charge in [-0.3, -0.25) is 0 Å². The van der Waals surface area contributed by atoms with Crippen LogP contribution in [0, 0.1) is 0 Å². The molecule has 0 aromatic rings. The van der Waals surface area contributed by atoms with Gasteiger partial charge in [0.25, 0.3) is 0 Å². The molecule has 0 unspecified atom stereocenters. The monoisotopic (exact) mass is 68.0 g/mol. The average molecular weight is 68.1 g/mol. The van der Waals surface area contributed by atoms with Crippen molar-refractivity contribution in [3.63, 3.8) is 0 Å². The minimum Gasteiger partial charge on any atom is -1.00 e. The fraction of sp³-hybridized carbons (Fsp3) is 0.500. The van der Waals surface area contributed by atoms with E-state index in [4.69, 9.17) is 4.79 Å². The van der Waals surface area contributed by atoms with Crippen LogP contribution in [0.2, 0.25) is 0 Å². The van der Waals surface area contributed by atoms with Gasteiger partial charge >= 0.3 is 29.6 Å². The van der Waals surface area contributed by atoms with Crippen LogP contribution in [0.5, 0.6) is 0 Å². The number of carbonyl (C=O) groups is 1. The van der Waals surface area contributed by atoms with Gasteiger partial charge in [-0.25, -0.2) is 0 Å². The third kappa shape index (κ3) is 16.6. The summed E-state index contributed by atoms with van der Waals surface area (Å²) in [5, 5.41) is 0. The standard InChI is InChI=1S/C2H4O.Na.H/c1-2-3;;/h2H,1H3;;/q;+1;-1. The largest absolute Gasteiger partial charge is 1.00 e. The zero-order valence-corrected chi connectivity index (χ0v) is 4.99. The second-order valence-corrected chi connectivity index (χ2v) is 0.236. The van der Waals surface area contributed by atoms with Crippen LogP contribution in [-0.4, -0.2) is 6.29 Å². The molecule has 0 aliphatic rings. The fourth-order valence-electron chi connectivity index (χ4n) is 0. The predicted molar refractivity (Wildman–Crippen MR) is 12.9 cm³/mol. The van der Waals surface area contributed by atoms with Gasteiger partial charge in [-0.1, -0.05) is 0 Å². The quantitative estimate of drug-likeness (QED) is 0.223. The van der Waals surface area contributed by atoms with E-state index in [0.717, 1.165) is 6.29 Å². The second-order valence-electron chi connectivity index (χ2n) is 0.236. The Morgan fingerprint density at radius 2 is 2.00 bits per heavy atom. The summed E-state index contributed by atoms with van der Waals surface area (Å²) in [6.07, 6.45) is 0.750. The molecule has 0 heterocycles. The molecule has 20 valence electrons. The first-order valence-electron chi connectivity index (χ1n) is 0.813. The minimum atomic E-state index is 0. The van der Waals surface area contributed by atoms with Crippen molar-refractivity contribution in [3.05, 3.63) is 0 Å². The molecule has 1 nitrogen and oxygen atoms in total. The number of aldehydes is 1. The van der Waals surface area contributed by atoms with E-state index in [1.54, 1.807) is 0 Å². The van der Waals surface area contributed by atoms with Crippen LogP contribution in [0.25, 0.3) is 0 Å². The molecular weight excluding hydrogens is 63.0 g/mol.